The highest BCUT2D eigenvalue weighted by Gasteiger charge is 2.17. The summed E-state index contributed by atoms with van der Waals surface area (Å²) in [6, 6.07) is 19.6. The van der Waals surface area contributed by atoms with Gasteiger partial charge < -0.3 is 20.2 Å². The molecule has 0 saturated carbocycles. The number of imidazole rings is 1. The molecule has 0 saturated heterocycles. The first kappa shape index (κ1) is 25.1. The number of nitrogens with zero attached hydrogens (tertiary/aromatic N) is 2. The van der Waals surface area contributed by atoms with Crippen molar-refractivity contribution in [2.45, 2.75) is 13.3 Å². The third kappa shape index (κ3) is 5.14. The second-order valence-electron chi connectivity index (χ2n) is 8.91. The van der Waals surface area contributed by atoms with Crippen LogP contribution in [-0.4, -0.2) is 27.6 Å². The van der Waals surface area contributed by atoms with E-state index < -0.39 is 0 Å². The van der Waals surface area contributed by atoms with E-state index >= 15 is 0 Å². The number of anilines is 2. The number of fused-ring (bicyclic) bond motifs is 3. The monoisotopic (exact) mass is 531 g/mol. The molecule has 0 aliphatic carbocycles. The fraction of sp³-hybridized carbons (Fsp3) is 0.172. The molecule has 5 aromatic rings. The number of hydrogen-bond acceptors (Lipinski definition) is 4. The quantitative estimate of drug-likeness (QED) is 0.197. The summed E-state index contributed by atoms with van der Waals surface area (Å²) in [6.45, 7) is 3.62. The van der Waals surface area contributed by atoms with Crippen LogP contribution in [0.2, 0.25) is 10.0 Å². The molecule has 6 nitrogen and oxygen atoms in total. The van der Waals surface area contributed by atoms with E-state index in [1.165, 1.54) is 5.56 Å². The first-order valence-corrected chi connectivity index (χ1v) is 12.8. The number of hydrogen-bond donors (Lipinski definition) is 3. The number of rotatable bonds is 8. The zero-order chi connectivity index (χ0) is 25.9. The molecule has 3 aromatic carbocycles. The van der Waals surface area contributed by atoms with Crippen molar-refractivity contribution in [3.63, 3.8) is 0 Å². The number of aromatic amines is 1. The Morgan fingerprint density at radius 3 is 2.54 bits per heavy atom. The highest BCUT2D eigenvalue weighted by molar-refractivity contribution is 6.39. The molecule has 0 aliphatic rings. The zero-order valence-electron chi connectivity index (χ0n) is 20.6. The van der Waals surface area contributed by atoms with Crippen LogP contribution in [0.4, 0.5) is 11.6 Å². The van der Waals surface area contributed by atoms with Crippen molar-refractivity contribution < 1.29 is 0 Å². The SMILES string of the molecule is Cc1c(/C=C/CNCCc2ccccc2)[nH]c(=O)c2c1ccc1nc(Nc3c(Cl)cccc3Cl)n(C)c12. The van der Waals surface area contributed by atoms with Crippen molar-refractivity contribution in [2.75, 3.05) is 18.4 Å². The van der Waals surface area contributed by atoms with Gasteiger partial charge in [-0.15, -0.1) is 0 Å². The largest absolute Gasteiger partial charge is 0.323 e. The van der Waals surface area contributed by atoms with Crippen molar-refractivity contribution in [3.05, 3.63) is 104 Å². The summed E-state index contributed by atoms with van der Waals surface area (Å²) >= 11 is 12.7. The third-order valence-electron chi connectivity index (χ3n) is 6.50. The molecule has 2 heterocycles. The molecule has 0 unspecified atom stereocenters. The summed E-state index contributed by atoms with van der Waals surface area (Å²) in [4.78, 5) is 21.0. The Hall–Kier alpha value is -3.58. The van der Waals surface area contributed by atoms with Crippen molar-refractivity contribution in [1.82, 2.24) is 19.9 Å². The standard InChI is InChI=1S/C29H27Cl2N5O/c1-18-20-13-14-24-27(36(2)29(34-24)35-26-21(30)10-6-11-22(26)31)25(20)28(37)33-23(18)12-7-16-32-17-15-19-8-4-3-5-9-19/h3-14,32H,15-17H2,1-2H3,(H,33,37)(H,34,35)/b12-7+. The molecule has 0 amide bonds. The van der Waals surface area contributed by atoms with E-state index in [-0.39, 0.29) is 5.56 Å². The van der Waals surface area contributed by atoms with Gasteiger partial charge in [-0.05, 0) is 60.7 Å². The van der Waals surface area contributed by atoms with Gasteiger partial charge in [0.15, 0.2) is 0 Å². The molecule has 2 aromatic heterocycles. The minimum Gasteiger partial charge on any atom is -0.323 e. The molecule has 0 fully saturated rings. The maximum absolute atomic E-state index is 13.3. The summed E-state index contributed by atoms with van der Waals surface area (Å²) in [5, 5.41) is 9.11. The lowest BCUT2D eigenvalue weighted by molar-refractivity contribution is 0.745. The van der Waals surface area contributed by atoms with Crippen LogP contribution in [0, 0.1) is 6.92 Å². The second-order valence-corrected chi connectivity index (χ2v) is 9.72. The molecule has 5 rings (SSSR count). The third-order valence-corrected chi connectivity index (χ3v) is 7.13. The molecule has 3 N–H and O–H groups in total. The van der Waals surface area contributed by atoms with Gasteiger partial charge >= 0.3 is 0 Å². The van der Waals surface area contributed by atoms with Crippen molar-refractivity contribution >= 4 is 62.7 Å². The fourth-order valence-corrected chi connectivity index (χ4v) is 5.01. The number of halogens is 2. The lowest BCUT2D eigenvalue weighted by Crippen LogP contribution is -2.17. The Morgan fingerprint density at radius 1 is 1.03 bits per heavy atom. The number of aromatic nitrogens is 3. The molecule has 37 heavy (non-hydrogen) atoms. The summed E-state index contributed by atoms with van der Waals surface area (Å²) < 4.78 is 1.86. The van der Waals surface area contributed by atoms with Gasteiger partial charge in [-0.1, -0.05) is 71.7 Å². The lowest BCUT2D eigenvalue weighted by Gasteiger charge is -2.11. The second kappa shape index (κ2) is 10.8. The average Bonchev–Trinajstić information content (AvgIpc) is 3.21. The van der Waals surface area contributed by atoms with Crippen molar-refractivity contribution in [1.29, 1.82) is 0 Å². The topological polar surface area (TPSA) is 74.7 Å². The predicted molar refractivity (Wildman–Crippen MR) is 155 cm³/mol. The van der Waals surface area contributed by atoms with E-state index in [1.54, 1.807) is 18.2 Å². The van der Waals surface area contributed by atoms with Gasteiger partial charge in [0.05, 0.1) is 32.2 Å². The zero-order valence-corrected chi connectivity index (χ0v) is 22.1. The minimum atomic E-state index is -0.159. The Kier molecular flexibility index (Phi) is 7.33. The molecule has 8 heteroatoms. The van der Waals surface area contributed by atoms with Gasteiger partial charge in [0, 0.05) is 19.3 Å². The van der Waals surface area contributed by atoms with Crippen LogP contribution in [-0.2, 0) is 13.5 Å². The van der Waals surface area contributed by atoms with Crippen LogP contribution in [0.3, 0.4) is 0 Å². The molecular weight excluding hydrogens is 505 g/mol. The Morgan fingerprint density at radius 2 is 1.78 bits per heavy atom. The highest BCUT2D eigenvalue weighted by Crippen LogP contribution is 2.34. The van der Waals surface area contributed by atoms with Crippen molar-refractivity contribution in [2.24, 2.45) is 7.05 Å². The smallest absolute Gasteiger partial charge is 0.258 e. The molecule has 0 aliphatic heterocycles. The first-order valence-electron chi connectivity index (χ1n) is 12.1. The van der Waals surface area contributed by atoms with Crippen LogP contribution in [0.5, 0.6) is 0 Å². The van der Waals surface area contributed by atoms with Crippen LogP contribution in [0.25, 0.3) is 27.9 Å². The van der Waals surface area contributed by atoms with Gasteiger partial charge in [-0.2, -0.15) is 0 Å². The van der Waals surface area contributed by atoms with Gasteiger partial charge in [0.2, 0.25) is 5.95 Å². The van der Waals surface area contributed by atoms with Gasteiger partial charge in [-0.3, -0.25) is 4.79 Å². The van der Waals surface area contributed by atoms with Crippen LogP contribution in [0.1, 0.15) is 16.8 Å². The molecule has 0 bridgehead atoms. The number of benzene rings is 3. The Bertz CT molecular complexity index is 1650. The molecule has 188 valence electrons. The number of aryl methyl sites for hydroxylation is 2. The Labute approximate surface area is 225 Å². The van der Waals surface area contributed by atoms with E-state index in [2.05, 4.69) is 39.9 Å². The number of nitrogens with one attached hydrogen (secondary N) is 3. The maximum atomic E-state index is 13.3. The average molecular weight is 532 g/mol. The number of para-hydroxylation sites is 1. The van der Waals surface area contributed by atoms with E-state index in [1.807, 2.05) is 48.9 Å². The van der Waals surface area contributed by atoms with E-state index in [0.29, 0.717) is 39.1 Å². The number of H-pyrrole nitrogens is 1. The molecule has 0 atom stereocenters. The van der Waals surface area contributed by atoms with Crippen LogP contribution >= 0.6 is 23.2 Å². The summed E-state index contributed by atoms with van der Waals surface area (Å²) in [5.41, 5.74) is 4.97. The summed E-state index contributed by atoms with van der Waals surface area (Å²) in [6.07, 6.45) is 4.97. The van der Waals surface area contributed by atoms with Gasteiger partial charge in [-0.25, -0.2) is 4.98 Å². The normalized spacial score (nSPS) is 11.7. The van der Waals surface area contributed by atoms with Crippen LogP contribution < -0.4 is 16.2 Å². The van der Waals surface area contributed by atoms with Crippen LogP contribution in [0.15, 0.2) is 71.5 Å². The summed E-state index contributed by atoms with van der Waals surface area (Å²) in [7, 11) is 1.87. The van der Waals surface area contributed by atoms with E-state index in [4.69, 9.17) is 28.2 Å². The van der Waals surface area contributed by atoms with Crippen molar-refractivity contribution in [3.8, 4) is 0 Å². The van der Waals surface area contributed by atoms with E-state index in [9.17, 15) is 4.79 Å². The van der Waals surface area contributed by atoms with E-state index in [0.717, 1.165) is 35.1 Å². The summed E-state index contributed by atoms with van der Waals surface area (Å²) in [5.74, 6) is 0.542. The van der Waals surface area contributed by atoms with Gasteiger partial charge in [0.25, 0.3) is 5.56 Å². The highest BCUT2D eigenvalue weighted by atomic mass is 35.5. The molecule has 0 radical (unpaired) electrons. The maximum Gasteiger partial charge on any atom is 0.258 e. The molecule has 0 spiro atoms. The minimum absolute atomic E-state index is 0.159. The number of pyridine rings is 1. The Balaban J connectivity index is 1.40. The molecular formula is C29H27Cl2N5O. The predicted octanol–water partition coefficient (Wildman–Crippen LogP) is 6.62. The lowest BCUT2D eigenvalue weighted by atomic mass is 10.0. The van der Waals surface area contributed by atoms with Gasteiger partial charge in [0.1, 0.15) is 0 Å². The first-order chi connectivity index (χ1) is 17.9. The fourth-order valence-electron chi connectivity index (χ4n) is 4.52.